The van der Waals surface area contributed by atoms with Crippen molar-refractivity contribution in [1.82, 2.24) is 14.3 Å². The first-order valence-corrected chi connectivity index (χ1v) is 9.30. The summed E-state index contributed by atoms with van der Waals surface area (Å²) >= 11 is 0. The maximum atomic E-state index is 4.36. The molecule has 3 aromatic rings. The summed E-state index contributed by atoms with van der Waals surface area (Å²) in [5.41, 5.74) is 5.30. The van der Waals surface area contributed by atoms with E-state index in [1.54, 1.807) is 0 Å². The van der Waals surface area contributed by atoms with E-state index in [2.05, 4.69) is 69.0 Å². The minimum Gasteiger partial charge on any atom is -0.307 e. The van der Waals surface area contributed by atoms with E-state index in [1.807, 2.05) is 12.4 Å². The van der Waals surface area contributed by atoms with Gasteiger partial charge in [-0.25, -0.2) is 4.98 Å². The van der Waals surface area contributed by atoms with Gasteiger partial charge in [0.05, 0.1) is 0 Å². The van der Waals surface area contributed by atoms with Crippen molar-refractivity contribution in [3.63, 3.8) is 0 Å². The molecule has 2 aliphatic rings. The van der Waals surface area contributed by atoms with Crippen LogP contribution in [0.2, 0.25) is 0 Å². The second-order valence-corrected chi connectivity index (χ2v) is 7.32. The predicted octanol–water partition coefficient (Wildman–Crippen LogP) is 4.54. The third-order valence-electron chi connectivity index (χ3n) is 5.75. The van der Waals surface area contributed by atoms with Crippen LogP contribution in [0.4, 0.5) is 0 Å². The lowest BCUT2D eigenvalue weighted by Crippen LogP contribution is -2.47. The average Bonchev–Trinajstić information content (AvgIpc) is 3.10. The molecule has 126 valence electrons. The Morgan fingerprint density at radius 3 is 2.84 bits per heavy atom. The molecule has 2 bridgehead atoms. The minimum atomic E-state index is 0.571. The number of pyridine rings is 1. The lowest BCUT2D eigenvalue weighted by atomic mass is 9.83. The van der Waals surface area contributed by atoms with E-state index in [0.717, 1.165) is 18.6 Å². The highest BCUT2D eigenvalue weighted by Crippen LogP contribution is 2.37. The zero-order valence-electron chi connectivity index (χ0n) is 14.4. The van der Waals surface area contributed by atoms with Gasteiger partial charge in [-0.3, -0.25) is 4.90 Å². The van der Waals surface area contributed by atoms with Gasteiger partial charge in [0.2, 0.25) is 0 Å². The van der Waals surface area contributed by atoms with Crippen molar-refractivity contribution < 1.29 is 0 Å². The molecule has 2 aromatic heterocycles. The van der Waals surface area contributed by atoms with Crippen LogP contribution < -0.4 is 0 Å². The predicted molar refractivity (Wildman–Crippen MR) is 101 cm³/mol. The van der Waals surface area contributed by atoms with E-state index in [0.29, 0.717) is 12.1 Å². The fourth-order valence-corrected chi connectivity index (χ4v) is 4.48. The van der Waals surface area contributed by atoms with E-state index in [1.165, 1.54) is 36.0 Å². The molecule has 0 N–H and O–H groups in total. The Balaban J connectivity index is 1.45. The van der Waals surface area contributed by atoms with Crippen LogP contribution in [0.15, 0.2) is 67.1 Å². The number of nitrogens with zero attached hydrogens (tertiary/aromatic N) is 3. The van der Waals surface area contributed by atoms with Crippen molar-refractivity contribution in [1.29, 1.82) is 0 Å². The molecule has 0 aliphatic carbocycles. The highest BCUT2D eigenvalue weighted by atomic mass is 15.2. The Morgan fingerprint density at radius 2 is 1.96 bits per heavy atom. The fraction of sp³-hybridized carbons (Fsp3) is 0.318. The van der Waals surface area contributed by atoms with Crippen molar-refractivity contribution in [2.45, 2.75) is 44.3 Å². The van der Waals surface area contributed by atoms with E-state index in [9.17, 15) is 0 Å². The van der Waals surface area contributed by atoms with Crippen LogP contribution in [-0.4, -0.2) is 26.4 Å². The van der Waals surface area contributed by atoms with Crippen LogP contribution in [0.25, 0.3) is 11.2 Å². The Bertz CT molecular complexity index is 909. The maximum Gasteiger partial charge on any atom is 0.136 e. The molecule has 3 nitrogen and oxygen atoms in total. The number of benzene rings is 1. The van der Waals surface area contributed by atoms with Crippen molar-refractivity contribution in [2.24, 2.45) is 0 Å². The maximum absolute atomic E-state index is 4.36. The molecule has 0 saturated carbocycles. The van der Waals surface area contributed by atoms with Crippen LogP contribution in [0.5, 0.6) is 0 Å². The lowest BCUT2D eigenvalue weighted by molar-refractivity contribution is 0.0951. The van der Waals surface area contributed by atoms with Crippen LogP contribution in [-0.2, 0) is 6.54 Å². The first-order valence-electron chi connectivity index (χ1n) is 9.30. The average molecular weight is 329 g/mol. The molecule has 1 saturated heterocycles. The van der Waals surface area contributed by atoms with Gasteiger partial charge < -0.3 is 4.40 Å². The van der Waals surface area contributed by atoms with Crippen molar-refractivity contribution >= 4 is 11.2 Å². The van der Waals surface area contributed by atoms with Crippen LogP contribution in [0.3, 0.4) is 0 Å². The van der Waals surface area contributed by atoms with Gasteiger partial charge in [-0.2, -0.15) is 0 Å². The molecule has 2 aliphatic heterocycles. The second-order valence-electron chi connectivity index (χ2n) is 7.32. The molecule has 2 atom stereocenters. The summed E-state index contributed by atoms with van der Waals surface area (Å²) in [5.74, 6) is 0. The molecule has 2 unspecified atom stereocenters. The van der Waals surface area contributed by atoms with E-state index >= 15 is 0 Å². The number of fused-ring (bicyclic) bond motifs is 3. The summed E-state index contributed by atoms with van der Waals surface area (Å²) in [4.78, 5) is 7.08. The van der Waals surface area contributed by atoms with Gasteiger partial charge in [-0.15, -0.1) is 0 Å². The largest absolute Gasteiger partial charge is 0.307 e. The Kier molecular flexibility index (Phi) is 3.67. The summed E-state index contributed by atoms with van der Waals surface area (Å²) in [6.07, 6.45) is 13.8. The number of aromatic nitrogens is 2. The topological polar surface area (TPSA) is 20.5 Å². The summed E-state index contributed by atoms with van der Waals surface area (Å²) in [5, 5.41) is 0. The molecular formula is C22H23N3. The van der Waals surface area contributed by atoms with Gasteiger partial charge in [0.1, 0.15) is 5.65 Å². The van der Waals surface area contributed by atoms with Crippen molar-refractivity contribution in [2.75, 3.05) is 0 Å². The van der Waals surface area contributed by atoms with Gasteiger partial charge in [-0.05, 0) is 48.1 Å². The number of piperidine rings is 1. The van der Waals surface area contributed by atoms with Gasteiger partial charge in [0, 0.05) is 37.2 Å². The molecule has 1 aromatic carbocycles. The minimum absolute atomic E-state index is 0.571. The third-order valence-corrected chi connectivity index (χ3v) is 5.75. The van der Waals surface area contributed by atoms with E-state index in [-0.39, 0.29) is 0 Å². The molecule has 0 amide bonds. The monoisotopic (exact) mass is 329 g/mol. The summed E-state index contributed by atoms with van der Waals surface area (Å²) in [6.45, 7) is 1.07. The van der Waals surface area contributed by atoms with Gasteiger partial charge >= 0.3 is 0 Å². The first-order chi connectivity index (χ1) is 12.4. The molecule has 1 fully saturated rings. The Morgan fingerprint density at radius 1 is 1.04 bits per heavy atom. The quantitative estimate of drug-likeness (QED) is 0.703. The summed E-state index contributed by atoms with van der Waals surface area (Å²) < 4.78 is 2.13. The summed E-state index contributed by atoms with van der Waals surface area (Å²) in [6, 6.07) is 16.5. The van der Waals surface area contributed by atoms with Crippen LogP contribution in [0.1, 0.15) is 36.8 Å². The molecule has 0 radical (unpaired) electrons. The van der Waals surface area contributed by atoms with Gasteiger partial charge in [0.25, 0.3) is 0 Å². The standard InChI is InChI=1S/C22H23N3/c1-2-5-17(6-3-1)15-25-20-7-4-8-21(25)14-19(13-20)18-9-10-22-23-11-12-24(22)16-18/h1-3,5-6,9-13,16,20-21H,4,7-8,14-15H2. The molecule has 25 heavy (non-hydrogen) atoms. The number of imidazole rings is 1. The normalized spacial score (nSPS) is 23.6. The second kappa shape index (κ2) is 6.16. The smallest absolute Gasteiger partial charge is 0.136 e. The molecule has 4 heterocycles. The SMILES string of the molecule is C1=C(c2ccc3nccn3c2)CC2CCCC1N2Cc1ccccc1. The summed E-state index contributed by atoms with van der Waals surface area (Å²) in [7, 11) is 0. The van der Waals surface area contributed by atoms with Gasteiger partial charge in [0.15, 0.2) is 0 Å². The highest BCUT2D eigenvalue weighted by molar-refractivity contribution is 5.68. The first kappa shape index (κ1) is 14.9. The van der Waals surface area contributed by atoms with E-state index in [4.69, 9.17) is 0 Å². The molecule has 0 spiro atoms. The van der Waals surface area contributed by atoms with Gasteiger partial charge in [-0.1, -0.05) is 42.8 Å². The zero-order valence-corrected chi connectivity index (χ0v) is 14.4. The molecule has 5 rings (SSSR count). The Labute approximate surface area is 148 Å². The van der Waals surface area contributed by atoms with Crippen LogP contribution >= 0.6 is 0 Å². The molecule has 3 heteroatoms. The highest BCUT2D eigenvalue weighted by Gasteiger charge is 2.34. The fourth-order valence-electron chi connectivity index (χ4n) is 4.48. The molecular weight excluding hydrogens is 306 g/mol. The zero-order chi connectivity index (χ0) is 16.6. The van der Waals surface area contributed by atoms with E-state index < -0.39 is 0 Å². The third kappa shape index (κ3) is 2.79. The number of hydrogen-bond donors (Lipinski definition) is 0. The number of rotatable bonds is 3. The van der Waals surface area contributed by atoms with Crippen molar-refractivity contribution in [3.8, 4) is 0 Å². The lowest BCUT2D eigenvalue weighted by Gasteiger charge is -2.45. The Hall–Kier alpha value is -2.39. The van der Waals surface area contributed by atoms with Crippen LogP contribution in [0, 0.1) is 0 Å². The number of hydrogen-bond acceptors (Lipinski definition) is 2. The van der Waals surface area contributed by atoms with Crippen molar-refractivity contribution in [3.05, 3.63) is 78.3 Å².